The van der Waals surface area contributed by atoms with Gasteiger partial charge >= 0.3 is 0 Å². The van der Waals surface area contributed by atoms with E-state index in [1.54, 1.807) is 7.11 Å². The third-order valence-electron chi connectivity index (χ3n) is 5.89. The van der Waals surface area contributed by atoms with Crippen LogP contribution >= 0.6 is 28.1 Å². The van der Waals surface area contributed by atoms with E-state index >= 15 is 0 Å². The van der Waals surface area contributed by atoms with Gasteiger partial charge in [-0.1, -0.05) is 43.3 Å². The molecule has 1 aliphatic rings. The average Bonchev–Trinajstić information content (AvgIpc) is 2.80. The van der Waals surface area contributed by atoms with Gasteiger partial charge in [-0.25, -0.2) is 0 Å². The van der Waals surface area contributed by atoms with E-state index in [9.17, 15) is 4.79 Å². The molecule has 7 heteroatoms. The number of hydrogen-bond acceptors (Lipinski definition) is 4. The van der Waals surface area contributed by atoms with Crippen molar-refractivity contribution in [3.63, 3.8) is 0 Å². The van der Waals surface area contributed by atoms with Crippen LogP contribution in [0, 0.1) is 5.92 Å². The van der Waals surface area contributed by atoms with Gasteiger partial charge in [0.15, 0.2) is 5.11 Å². The summed E-state index contributed by atoms with van der Waals surface area (Å²) in [5.74, 6) is 0.907. The quantitative estimate of drug-likeness (QED) is 0.422. The van der Waals surface area contributed by atoms with Crippen molar-refractivity contribution in [1.82, 2.24) is 5.32 Å². The number of rotatable bonds is 4. The molecular weight excluding hydrogens is 486 g/mol. The number of hydrogen-bond donors (Lipinski definition) is 2. The SMILES string of the molecule is COc1c(C(=O)NC(=S)Nc2ccccc2N2CCC(C)CC2)cc2ccccc2c1Br. The second kappa shape index (κ2) is 9.88. The van der Waals surface area contributed by atoms with Gasteiger partial charge in [0.1, 0.15) is 5.75 Å². The standard InChI is InChI=1S/C25H26BrN3O2S/c1-16-11-13-29(14-12-16)21-10-6-5-9-20(21)27-25(32)28-24(30)19-15-17-7-3-4-8-18(17)22(26)23(19)31-2/h3-10,15-16H,11-14H2,1-2H3,(H2,27,28,30,32). The maximum absolute atomic E-state index is 13.1. The summed E-state index contributed by atoms with van der Waals surface area (Å²) in [5.41, 5.74) is 2.40. The third-order valence-corrected chi connectivity index (χ3v) is 6.88. The number of piperidine rings is 1. The van der Waals surface area contributed by atoms with Gasteiger partial charge in [-0.15, -0.1) is 0 Å². The van der Waals surface area contributed by atoms with E-state index < -0.39 is 0 Å². The molecule has 1 amide bonds. The number of carbonyl (C=O) groups is 1. The van der Waals surface area contributed by atoms with Crippen molar-refractivity contribution in [1.29, 1.82) is 0 Å². The Labute approximate surface area is 202 Å². The van der Waals surface area contributed by atoms with Crippen LogP contribution in [0.2, 0.25) is 0 Å². The van der Waals surface area contributed by atoms with Gasteiger partial charge in [-0.3, -0.25) is 10.1 Å². The van der Waals surface area contributed by atoms with E-state index in [4.69, 9.17) is 17.0 Å². The van der Waals surface area contributed by atoms with Crippen LogP contribution in [0.5, 0.6) is 5.75 Å². The number of amides is 1. The van der Waals surface area contributed by atoms with Crippen LogP contribution in [0.3, 0.4) is 0 Å². The number of halogens is 1. The van der Waals surface area contributed by atoms with Gasteiger partial charge < -0.3 is 15.0 Å². The Kier molecular flexibility index (Phi) is 6.96. The molecule has 2 N–H and O–H groups in total. The van der Waals surface area contributed by atoms with E-state index in [-0.39, 0.29) is 11.0 Å². The van der Waals surface area contributed by atoms with Gasteiger partial charge in [0.05, 0.1) is 28.5 Å². The number of nitrogens with zero attached hydrogens (tertiary/aromatic N) is 1. The topological polar surface area (TPSA) is 53.6 Å². The molecule has 0 bridgehead atoms. The molecule has 0 saturated carbocycles. The lowest BCUT2D eigenvalue weighted by atomic mass is 9.98. The van der Waals surface area contributed by atoms with Crippen LogP contribution in [0.25, 0.3) is 10.8 Å². The summed E-state index contributed by atoms with van der Waals surface area (Å²) in [7, 11) is 1.55. The van der Waals surface area contributed by atoms with Gasteiger partial charge in [0.25, 0.3) is 5.91 Å². The average molecular weight is 512 g/mol. The molecule has 0 atom stereocenters. The maximum atomic E-state index is 13.1. The number of carbonyl (C=O) groups excluding carboxylic acids is 1. The molecule has 3 aromatic carbocycles. The van der Waals surface area contributed by atoms with Crippen LogP contribution in [-0.2, 0) is 0 Å². The van der Waals surface area contributed by atoms with Crippen molar-refractivity contribution >= 4 is 61.3 Å². The highest BCUT2D eigenvalue weighted by Crippen LogP contribution is 2.36. The third kappa shape index (κ3) is 4.74. The summed E-state index contributed by atoms with van der Waals surface area (Å²) in [6, 6.07) is 17.7. The Hall–Kier alpha value is -2.64. The van der Waals surface area contributed by atoms with Crippen LogP contribution in [0.4, 0.5) is 11.4 Å². The summed E-state index contributed by atoms with van der Waals surface area (Å²) in [6.07, 6.45) is 2.35. The van der Waals surface area contributed by atoms with Crippen molar-refractivity contribution in [2.24, 2.45) is 5.92 Å². The van der Waals surface area contributed by atoms with Crippen LogP contribution in [-0.4, -0.2) is 31.2 Å². The van der Waals surface area contributed by atoms with E-state index in [1.165, 1.54) is 12.8 Å². The molecule has 4 rings (SSSR count). The second-order valence-electron chi connectivity index (χ2n) is 8.09. The molecule has 1 saturated heterocycles. The predicted molar refractivity (Wildman–Crippen MR) is 139 cm³/mol. The lowest BCUT2D eigenvalue weighted by molar-refractivity contribution is 0.0975. The fraction of sp³-hybridized carbons (Fsp3) is 0.280. The lowest BCUT2D eigenvalue weighted by Gasteiger charge is -2.33. The number of ether oxygens (including phenoxy) is 1. The minimum absolute atomic E-state index is 0.249. The Balaban J connectivity index is 1.53. The highest BCUT2D eigenvalue weighted by atomic mass is 79.9. The zero-order valence-corrected chi connectivity index (χ0v) is 20.6. The molecule has 32 heavy (non-hydrogen) atoms. The van der Waals surface area contributed by atoms with E-state index in [1.807, 2.05) is 48.5 Å². The Morgan fingerprint density at radius 1 is 1.12 bits per heavy atom. The normalized spacial score (nSPS) is 14.3. The van der Waals surface area contributed by atoms with Crippen molar-refractivity contribution in [3.05, 3.63) is 64.6 Å². The zero-order valence-electron chi connectivity index (χ0n) is 18.2. The summed E-state index contributed by atoms with van der Waals surface area (Å²) in [4.78, 5) is 15.5. The molecule has 0 radical (unpaired) electrons. The second-order valence-corrected chi connectivity index (χ2v) is 9.29. The Morgan fingerprint density at radius 3 is 2.56 bits per heavy atom. The maximum Gasteiger partial charge on any atom is 0.261 e. The van der Waals surface area contributed by atoms with E-state index in [2.05, 4.69) is 44.5 Å². The molecule has 0 spiro atoms. The highest BCUT2D eigenvalue weighted by molar-refractivity contribution is 9.10. The van der Waals surface area contributed by atoms with E-state index in [0.717, 1.165) is 45.6 Å². The first-order valence-corrected chi connectivity index (χ1v) is 11.9. The molecule has 0 aromatic heterocycles. The predicted octanol–water partition coefficient (Wildman–Crippen LogP) is 5.97. The van der Waals surface area contributed by atoms with Crippen molar-refractivity contribution in [3.8, 4) is 5.75 Å². The Morgan fingerprint density at radius 2 is 1.81 bits per heavy atom. The lowest BCUT2D eigenvalue weighted by Crippen LogP contribution is -2.36. The van der Waals surface area contributed by atoms with Crippen LogP contribution < -0.4 is 20.3 Å². The van der Waals surface area contributed by atoms with Gasteiger partial charge in [0, 0.05) is 13.1 Å². The molecular formula is C25H26BrN3O2S. The van der Waals surface area contributed by atoms with Crippen LogP contribution in [0.15, 0.2) is 59.1 Å². The van der Waals surface area contributed by atoms with Crippen LogP contribution in [0.1, 0.15) is 30.1 Å². The highest BCUT2D eigenvalue weighted by Gasteiger charge is 2.21. The number of anilines is 2. The van der Waals surface area contributed by atoms with Gasteiger partial charge in [-0.05, 0) is 75.9 Å². The Bertz CT molecular complexity index is 1160. The van der Waals surface area contributed by atoms with Gasteiger partial charge in [0.2, 0.25) is 0 Å². The number of nitrogens with one attached hydrogen (secondary N) is 2. The van der Waals surface area contributed by atoms with Crippen molar-refractivity contribution in [2.75, 3.05) is 30.4 Å². The number of fused-ring (bicyclic) bond motifs is 1. The summed E-state index contributed by atoms with van der Waals surface area (Å²) < 4.78 is 6.28. The largest absolute Gasteiger partial charge is 0.495 e. The fourth-order valence-electron chi connectivity index (χ4n) is 4.08. The first kappa shape index (κ1) is 22.6. The molecule has 3 aromatic rings. The zero-order chi connectivity index (χ0) is 22.7. The first-order valence-electron chi connectivity index (χ1n) is 10.7. The molecule has 166 valence electrons. The van der Waals surface area contributed by atoms with E-state index in [0.29, 0.717) is 11.3 Å². The molecule has 1 fully saturated rings. The summed E-state index contributed by atoms with van der Waals surface area (Å²) in [6.45, 7) is 4.33. The van der Waals surface area contributed by atoms with Crippen molar-refractivity contribution < 1.29 is 9.53 Å². The smallest absolute Gasteiger partial charge is 0.261 e. The first-order chi connectivity index (χ1) is 15.5. The monoisotopic (exact) mass is 511 g/mol. The summed E-state index contributed by atoms with van der Waals surface area (Å²) in [5, 5.41) is 8.19. The number of benzene rings is 3. The molecule has 5 nitrogen and oxygen atoms in total. The fourth-order valence-corrected chi connectivity index (χ4v) is 5.02. The molecule has 0 aliphatic carbocycles. The number of methoxy groups -OCH3 is 1. The molecule has 1 aliphatic heterocycles. The summed E-state index contributed by atoms with van der Waals surface area (Å²) >= 11 is 9.07. The number of thiocarbonyl (C=S) groups is 1. The minimum Gasteiger partial charge on any atom is -0.495 e. The number of para-hydroxylation sites is 2. The molecule has 0 unspecified atom stereocenters. The minimum atomic E-state index is -0.324. The molecule has 1 heterocycles. The van der Waals surface area contributed by atoms with Gasteiger partial charge in [-0.2, -0.15) is 0 Å². The van der Waals surface area contributed by atoms with Crippen molar-refractivity contribution in [2.45, 2.75) is 19.8 Å².